The summed E-state index contributed by atoms with van der Waals surface area (Å²) in [6.07, 6.45) is -4.95. The van der Waals surface area contributed by atoms with Gasteiger partial charge in [-0.15, -0.1) is 0 Å². The minimum absolute atomic E-state index is 0.0259. The smallest absolute Gasteiger partial charge is 0.266 e. The fraction of sp³-hybridized carbons (Fsp3) is 0.962. The third-order valence-electron chi connectivity index (χ3n) is 10.3. The van der Waals surface area contributed by atoms with Gasteiger partial charge in [-0.3, -0.25) is 9.35 Å². The molecular formula is C26H45NO7S. The van der Waals surface area contributed by atoms with Crippen LogP contribution < -0.4 is 5.32 Å². The number of rotatable bonds is 7. The summed E-state index contributed by atoms with van der Waals surface area (Å²) >= 11 is 0. The zero-order chi connectivity index (χ0) is 29.3. The van der Waals surface area contributed by atoms with Crippen molar-refractivity contribution in [2.24, 2.45) is 46.3 Å². The zero-order valence-corrected chi connectivity index (χ0v) is 21.8. The second-order valence-corrected chi connectivity index (χ2v) is 13.6. The minimum Gasteiger partial charge on any atom is -0.393 e. The Morgan fingerprint density at radius 3 is 2.57 bits per heavy atom. The molecule has 5 N–H and O–H groups in total. The molecule has 0 heterocycles. The molecule has 0 aromatic heterocycles. The summed E-state index contributed by atoms with van der Waals surface area (Å²) in [6, 6.07) is 0. The Labute approximate surface area is 215 Å². The second kappa shape index (κ2) is 9.86. The summed E-state index contributed by atoms with van der Waals surface area (Å²) in [5.74, 6) is -1.99. The van der Waals surface area contributed by atoms with Gasteiger partial charge in [0.2, 0.25) is 5.91 Å². The highest BCUT2D eigenvalue weighted by Crippen LogP contribution is 2.68. The standard InChI is InChI=1S/C26H45NO7S/c1-15(4-7-23(31)27-10-11-35(32,33)34)18-5-6-19-24-20(14-22(30)26(18,19)3)25(2)9-8-17(28)12-16(25)13-21(24)29/h15-22,24,28-30H,4-14H2,1-3H3,(H,27,31)(H,32,33,34)/t15-,16+,17-,18-,19+,20+,21-,22+,24+,25+,26-/m0/s1/i8D2,12D2. The molecule has 0 radical (unpaired) electrons. The van der Waals surface area contributed by atoms with E-state index in [0.717, 1.165) is 12.8 Å². The van der Waals surface area contributed by atoms with Crippen LogP contribution in [0.4, 0.5) is 0 Å². The van der Waals surface area contributed by atoms with Crippen LogP contribution in [-0.2, 0) is 14.9 Å². The Bertz CT molecular complexity index is 1060. The summed E-state index contributed by atoms with van der Waals surface area (Å²) in [5, 5.41) is 36.2. The van der Waals surface area contributed by atoms with E-state index in [4.69, 9.17) is 10.0 Å². The van der Waals surface area contributed by atoms with Gasteiger partial charge in [0.05, 0.1) is 24.1 Å². The molecule has 1 amide bonds. The SMILES string of the molecule is [2H]C1([2H])C[C@@]2(C)[C@@H]3C[C@@H](O)[C@]4(C)[C@H](CC[C@H]4[C@@H](C)CCC(=O)NCCS(=O)(=O)O)[C@H]3[C@@H](O)C[C@H]2C([2H])([2H])[C@H]1O. The molecule has 35 heavy (non-hydrogen) atoms. The number of aliphatic hydroxyl groups is 3. The zero-order valence-electron chi connectivity index (χ0n) is 25.0. The van der Waals surface area contributed by atoms with Crippen molar-refractivity contribution in [1.82, 2.24) is 5.32 Å². The molecule has 0 spiro atoms. The molecule has 4 saturated carbocycles. The fourth-order valence-corrected chi connectivity index (χ4v) is 8.77. The molecule has 0 aromatic rings. The van der Waals surface area contributed by atoms with Crippen LogP contribution in [0.3, 0.4) is 0 Å². The van der Waals surface area contributed by atoms with Crippen molar-refractivity contribution < 1.29 is 38.6 Å². The lowest BCUT2D eigenvalue weighted by atomic mass is 9.43. The van der Waals surface area contributed by atoms with Gasteiger partial charge in [0.25, 0.3) is 10.1 Å². The van der Waals surface area contributed by atoms with E-state index in [1.807, 2.05) is 13.8 Å². The lowest BCUT2D eigenvalue weighted by molar-refractivity contribution is -0.207. The van der Waals surface area contributed by atoms with Crippen molar-refractivity contribution in [3.8, 4) is 0 Å². The first kappa shape index (κ1) is 22.3. The van der Waals surface area contributed by atoms with Crippen molar-refractivity contribution in [1.29, 1.82) is 0 Å². The minimum atomic E-state index is -4.15. The average Bonchev–Trinajstić information content (AvgIpc) is 3.16. The van der Waals surface area contributed by atoms with Gasteiger partial charge in [-0.05, 0) is 97.6 Å². The topological polar surface area (TPSA) is 144 Å². The van der Waals surface area contributed by atoms with Gasteiger partial charge in [-0.1, -0.05) is 20.8 Å². The highest BCUT2D eigenvalue weighted by atomic mass is 32.2. The first-order chi connectivity index (χ1) is 17.8. The quantitative estimate of drug-likeness (QED) is 0.325. The molecule has 202 valence electrons. The van der Waals surface area contributed by atoms with E-state index < -0.39 is 63.7 Å². The predicted octanol–water partition coefficient (Wildman–Crippen LogP) is 2.37. The highest BCUT2D eigenvalue weighted by Gasteiger charge is 2.65. The van der Waals surface area contributed by atoms with Crippen LogP contribution in [-0.4, -0.2) is 64.8 Å². The number of amides is 1. The molecule has 0 aliphatic heterocycles. The van der Waals surface area contributed by atoms with Gasteiger partial charge in [-0.2, -0.15) is 8.42 Å². The third-order valence-corrected chi connectivity index (χ3v) is 11.0. The Morgan fingerprint density at radius 1 is 1.17 bits per heavy atom. The molecule has 11 atom stereocenters. The molecule has 4 aliphatic rings. The van der Waals surface area contributed by atoms with Crippen LogP contribution in [0.5, 0.6) is 0 Å². The normalized spacial score (nSPS) is 50.8. The number of carbonyl (C=O) groups is 1. The lowest BCUT2D eigenvalue weighted by Gasteiger charge is -2.63. The Balaban J connectivity index is 1.51. The van der Waals surface area contributed by atoms with Crippen LogP contribution in [0.25, 0.3) is 0 Å². The van der Waals surface area contributed by atoms with E-state index in [1.54, 1.807) is 0 Å². The highest BCUT2D eigenvalue weighted by molar-refractivity contribution is 7.85. The van der Waals surface area contributed by atoms with E-state index in [9.17, 15) is 28.5 Å². The van der Waals surface area contributed by atoms with Crippen molar-refractivity contribution in [3.63, 3.8) is 0 Å². The van der Waals surface area contributed by atoms with E-state index in [-0.39, 0.29) is 61.3 Å². The van der Waals surface area contributed by atoms with Gasteiger partial charge in [0.1, 0.15) is 0 Å². The van der Waals surface area contributed by atoms with Gasteiger partial charge in [-0.25, -0.2) is 0 Å². The van der Waals surface area contributed by atoms with E-state index in [2.05, 4.69) is 12.2 Å². The second-order valence-electron chi connectivity index (χ2n) is 12.1. The largest absolute Gasteiger partial charge is 0.393 e. The maximum Gasteiger partial charge on any atom is 0.266 e. The molecule has 4 fully saturated rings. The van der Waals surface area contributed by atoms with E-state index in [1.165, 1.54) is 0 Å². The Hall–Kier alpha value is -0.740. The summed E-state index contributed by atoms with van der Waals surface area (Å²) in [6.45, 7) is 5.82. The summed E-state index contributed by atoms with van der Waals surface area (Å²) < 4.78 is 64.7. The molecule has 0 aromatic carbocycles. The van der Waals surface area contributed by atoms with E-state index in [0.29, 0.717) is 12.8 Å². The number of fused-ring (bicyclic) bond motifs is 5. The van der Waals surface area contributed by atoms with Gasteiger partial charge in [0.15, 0.2) is 0 Å². The molecule has 9 heteroatoms. The number of hydrogen-bond acceptors (Lipinski definition) is 6. The Kier molecular flexibility index (Phi) is 6.27. The molecule has 4 aliphatic carbocycles. The van der Waals surface area contributed by atoms with Crippen molar-refractivity contribution in [3.05, 3.63) is 0 Å². The lowest BCUT2D eigenvalue weighted by Crippen LogP contribution is -2.62. The summed E-state index contributed by atoms with van der Waals surface area (Å²) in [5.41, 5.74) is -1.36. The fourth-order valence-electron chi connectivity index (χ4n) is 8.41. The van der Waals surface area contributed by atoms with Crippen LogP contribution in [0.15, 0.2) is 0 Å². The molecular weight excluding hydrogens is 470 g/mol. The summed E-state index contributed by atoms with van der Waals surface area (Å²) in [7, 11) is -4.15. The maximum absolute atomic E-state index is 12.3. The van der Waals surface area contributed by atoms with Crippen LogP contribution in [0.1, 0.15) is 83.9 Å². The van der Waals surface area contributed by atoms with Crippen LogP contribution in [0.2, 0.25) is 0 Å². The molecule has 0 saturated heterocycles. The third kappa shape index (κ3) is 5.05. The Morgan fingerprint density at radius 2 is 1.89 bits per heavy atom. The van der Waals surface area contributed by atoms with Crippen LogP contribution >= 0.6 is 0 Å². The van der Waals surface area contributed by atoms with E-state index >= 15 is 0 Å². The van der Waals surface area contributed by atoms with Gasteiger partial charge >= 0.3 is 0 Å². The van der Waals surface area contributed by atoms with Crippen molar-refractivity contribution in [2.45, 2.75) is 96.8 Å². The molecule has 0 bridgehead atoms. The molecule has 4 rings (SSSR count). The van der Waals surface area contributed by atoms with Gasteiger partial charge in [0, 0.05) is 18.4 Å². The maximum atomic E-state index is 12.3. The molecule has 8 nitrogen and oxygen atoms in total. The van der Waals surface area contributed by atoms with Crippen molar-refractivity contribution in [2.75, 3.05) is 12.3 Å². The summed E-state index contributed by atoms with van der Waals surface area (Å²) in [4.78, 5) is 12.3. The number of nitrogens with one attached hydrogen (secondary N) is 1. The number of carbonyl (C=O) groups excluding carboxylic acids is 1. The number of aliphatic hydroxyl groups excluding tert-OH is 3. The number of hydrogen-bond donors (Lipinski definition) is 5. The predicted molar refractivity (Wildman–Crippen MR) is 132 cm³/mol. The van der Waals surface area contributed by atoms with Crippen molar-refractivity contribution >= 4 is 16.0 Å². The first-order valence-electron chi connectivity index (χ1n) is 15.0. The van der Waals surface area contributed by atoms with Crippen LogP contribution in [0, 0.1) is 46.3 Å². The average molecular weight is 520 g/mol. The van der Waals surface area contributed by atoms with Gasteiger partial charge < -0.3 is 20.6 Å². The first-order valence-corrected chi connectivity index (χ1v) is 14.6. The molecule has 0 unspecified atom stereocenters. The monoisotopic (exact) mass is 519 g/mol.